The summed E-state index contributed by atoms with van der Waals surface area (Å²) in [5, 5.41) is 2.81. The fraction of sp³-hybridized carbons (Fsp3) is 0.588. The van der Waals surface area contributed by atoms with Crippen LogP contribution in [0.2, 0.25) is 0 Å². The summed E-state index contributed by atoms with van der Waals surface area (Å²) < 4.78 is 24.3. The number of hydrogen-bond donors (Lipinski definition) is 1. The average Bonchev–Trinajstić information content (AvgIpc) is 2.54. The van der Waals surface area contributed by atoms with Gasteiger partial charge in [-0.3, -0.25) is 4.79 Å². The Hall–Kier alpha value is -1.46. The Morgan fingerprint density at radius 1 is 1.50 bits per heavy atom. The predicted octanol–water partition coefficient (Wildman–Crippen LogP) is 2.72. The Balaban J connectivity index is 1.72. The number of amides is 1. The molecule has 1 amide bonds. The molecule has 4 nitrogen and oxygen atoms in total. The summed E-state index contributed by atoms with van der Waals surface area (Å²) in [5.41, 5.74) is 1.44. The van der Waals surface area contributed by atoms with Crippen LogP contribution >= 0.6 is 0 Å². The summed E-state index contributed by atoms with van der Waals surface area (Å²) in [5.74, 6) is -0.406. The first-order valence-corrected chi connectivity index (χ1v) is 7.82. The lowest BCUT2D eigenvalue weighted by Gasteiger charge is -2.23. The van der Waals surface area contributed by atoms with Gasteiger partial charge in [-0.15, -0.1) is 0 Å². The number of rotatable bonds is 6. The summed E-state index contributed by atoms with van der Waals surface area (Å²) in [7, 11) is 0. The van der Waals surface area contributed by atoms with Gasteiger partial charge in [0.2, 0.25) is 5.91 Å². The summed E-state index contributed by atoms with van der Waals surface area (Å²) in [6, 6.07) is 4.82. The monoisotopic (exact) mass is 309 g/mol. The molecule has 0 aliphatic carbocycles. The number of carbonyl (C=O) groups excluding carboxylic acids is 1. The van der Waals surface area contributed by atoms with Gasteiger partial charge in [0.1, 0.15) is 11.9 Å². The van der Waals surface area contributed by atoms with E-state index in [0.717, 1.165) is 31.4 Å². The Bertz CT molecular complexity index is 501. The molecule has 0 bridgehead atoms. The van der Waals surface area contributed by atoms with Crippen molar-refractivity contribution in [3.8, 4) is 0 Å². The minimum absolute atomic E-state index is 0.101. The molecule has 1 aliphatic rings. The lowest BCUT2D eigenvalue weighted by atomic mass is 10.1. The molecular formula is C17H24FNO3. The molecule has 1 heterocycles. The topological polar surface area (TPSA) is 47.6 Å². The van der Waals surface area contributed by atoms with E-state index in [4.69, 9.17) is 9.47 Å². The molecule has 1 fully saturated rings. The number of nitrogens with one attached hydrogen (secondary N) is 1. The molecule has 1 aromatic carbocycles. The highest BCUT2D eigenvalue weighted by Crippen LogP contribution is 2.13. The maximum absolute atomic E-state index is 13.2. The van der Waals surface area contributed by atoms with E-state index in [2.05, 4.69) is 5.32 Å². The van der Waals surface area contributed by atoms with Crippen LogP contribution in [0.1, 0.15) is 37.3 Å². The average molecular weight is 309 g/mol. The Morgan fingerprint density at radius 3 is 3.00 bits per heavy atom. The van der Waals surface area contributed by atoms with Gasteiger partial charge in [0.25, 0.3) is 0 Å². The number of ether oxygens (including phenoxy) is 2. The molecule has 1 saturated heterocycles. The van der Waals surface area contributed by atoms with Crippen molar-refractivity contribution in [2.75, 3.05) is 13.2 Å². The number of hydrogen-bond acceptors (Lipinski definition) is 3. The normalized spacial score (nSPS) is 19.7. The van der Waals surface area contributed by atoms with Crippen LogP contribution in [0, 0.1) is 12.7 Å². The third-order valence-electron chi connectivity index (χ3n) is 3.86. The smallest absolute Gasteiger partial charge is 0.249 e. The van der Waals surface area contributed by atoms with Crippen molar-refractivity contribution in [1.29, 1.82) is 0 Å². The quantitative estimate of drug-likeness (QED) is 0.879. The minimum Gasteiger partial charge on any atom is -0.376 e. The summed E-state index contributed by atoms with van der Waals surface area (Å²) in [4.78, 5) is 12.0. The van der Waals surface area contributed by atoms with Gasteiger partial charge >= 0.3 is 0 Å². The van der Waals surface area contributed by atoms with Crippen molar-refractivity contribution in [2.24, 2.45) is 0 Å². The first-order chi connectivity index (χ1) is 10.6. The first-order valence-electron chi connectivity index (χ1n) is 7.82. The Kier molecular flexibility index (Phi) is 6.34. The van der Waals surface area contributed by atoms with Crippen molar-refractivity contribution in [1.82, 2.24) is 5.32 Å². The predicted molar refractivity (Wildman–Crippen MR) is 82.0 cm³/mol. The van der Waals surface area contributed by atoms with Crippen molar-refractivity contribution in [3.63, 3.8) is 0 Å². The fourth-order valence-electron chi connectivity index (χ4n) is 2.42. The Labute approximate surface area is 131 Å². The lowest BCUT2D eigenvalue weighted by Crippen LogP contribution is -2.36. The first kappa shape index (κ1) is 16.9. The summed E-state index contributed by atoms with van der Waals surface area (Å²) in [6.45, 7) is 5.03. The highest BCUT2D eigenvalue weighted by molar-refractivity contribution is 5.80. The molecule has 0 unspecified atom stereocenters. The fourth-order valence-corrected chi connectivity index (χ4v) is 2.42. The molecule has 0 radical (unpaired) electrons. The van der Waals surface area contributed by atoms with Gasteiger partial charge in [0, 0.05) is 13.2 Å². The van der Waals surface area contributed by atoms with Gasteiger partial charge in [-0.05, 0) is 50.3 Å². The van der Waals surface area contributed by atoms with E-state index in [9.17, 15) is 9.18 Å². The third-order valence-corrected chi connectivity index (χ3v) is 3.86. The second-order valence-corrected chi connectivity index (χ2v) is 5.77. The molecule has 1 aromatic rings. The molecule has 122 valence electrons. The van der Waals surface area contributed by atoms with Gasteiger partial charge < -0.3 is 14.8 Å². The van der Waals surface area contributed by atoms with E-state index in [1.165, 1.54) is 6.07 Å². The third kappa shape index (κ3) is 5.07. The number of aryl methyl sites for hydroxylation is 1. The van der Waals surface area contributed by atoms with E-state index in [1.54, 1.807) is 26.0 Å². The zero-order valence-corrected chi connectivity index (χ0v) is 13.2. The largest absolute Gasteiger partial charge is 0.376 e. The molecule has 0 spiro atoms. The van der Waals surface area contributed by atoms with Crippen molar-refractivity contribution < 1.29 is 18.7 Å². The van der Waals surface area contributed by atoms with Gasteiger partial charge in [-0.1, -0.05) is 12.1 Å². The maximum Gasteiger partial charge on any atom is 0.249 e. The zero-order valence-electron chi connectivity index (χ0n) is 13.2. The standard InChI is InChI=1S/C17H24FNO3/c1-12-9-14(6-7-16(12)18)10-19-17(20)13(2)22-11-15-5-3-4-8-21-15/h6-7,9,13,15H,3-5,8,10-11H2,1-2H3,(H,19,20)/t13-,15+/m0/s1. The van der Waals surface area contributed by atoms with Crippen molar-refractivity contribution >= 4 is 5.91 Å². The SMILES string of the molecule is Cc1cc(CNC(=O)[C@H](C)OC[C@H]2CCCCO2)ccc1F. The molecule has 0 saturated carbocycles. The van der Waals surface area contributed by atoms with Gasteiger partial charge in [0.15, 0.2) is 0 Å². The van der Waals surface area contributed by atoms with Crippen LogP contribution in [0.3, 0.4) is 0 Å². The van der Waals surface area contributed by atoms with Crippen LogP contribution in [-0.4, -0.2) is 31.3 Å². The summed E-state index contributed by atoms with van der Waals surface area (Å²) >= 11 is 0. The number of halogens is 1. The van der Waals surface area contributed by atoms with Gasteiger partial charge in [-0.2, -0.15) is 0 Å². The molecule has 2 rings (SSSR count). The van der Waals surface area contributed by atoms with E-state index in [-0.39, 0.29) is 17.8 Å². The molecule has 2 atom stereocenters. The van der Waals surface area contributed by atoms with Crippen LogP contribution in [0.5, 0.6) is 0 Å². The van der Waals surface area contributed by atoms with Crippen LogP contribution in [0.25, 0.3) is 0 Å². The minimum atomic E-state index is -0.521. The highest BCUT2D eigenvalue weighted by Gasteiger charge is 2.18. The molecular weight excluding hydrogens is 285 g/mol. The highest BCUT2D eigenvalue weighted by atomic mass is 19.1. The molecule has 1 aliphatic heterocycles. The van der Waals surface area contributed by atoms with Crippen LogP contribution in [0.4, 0.5) is 4.39 Å². The van der Waals surface area contributed by atoms with Crippen molar-refractivity contribution in [3.05, 3.63) is 35.1 Å². The second-order valence-electron chi connectivity index (χ2n) is 5.77. The van der Waals surface area contributed by atoms with E-state index in [1.807, 2.05) is 0 Å². The van der Waals surface area contributed by atoms with Crippen LogP contribution in [-0.2, 0) is 20.8 Å². The Morgan fingerprint density at radius 2 is 2.32 bits per heavy atom. The maximum atomic E-state index is 13.2. The summed E-state index contributed by atoms with van der Waals surface area (Å²) in [6.07, 6.45) is 2.82. The second kappa shape index (κ2) is 8.25. The molecule has 1 N–H and O–H groups in total. The zero-order chi connectivity index (χ0) is 15.9. The van der Waals surface area contributed by atoms with Crippen LogP contribution in [0.15, 0.2) is 18.2 Å². The van der Waals surface area contributed by atoms with E-state index < -0.39 is 6.10 Å². The molecule has 0 aromatic heterocycles. The van der Waals surface area contributed by atoms with Crippen molar-refractivity contribution in [2.45, 2.75) is 51.9 Å². The number of carbonyl (C=O) groups is 1. The lowest BCUT2D eigenvalue weighted by molar-refractivity contribution is -0.135. The van der Waals surface area contributed by atoms with Gasteiger partial charge in [0.05, 0.1) is 12.7 Å². The van der Waals surface area contributed by atoms with Gasteiger partial charge in [-0.25, -0.2) is 4.39 Å². The van der Waals surface area contributed by atoms with E-state index >= 15 is 0 Å². The molecule has 22 heavy (non-hydrogen) atoms. The van der Waals surface area contributed by atoms with Crippen LogP contribution < -0.4 is 5.32 Å². The van der Waals surface area contributed by atoms with E-state index in [0.29, 0.717) is 18.7 Å². The number of benzene rings is 1. The molecule has 5 heteroatoms.